The molecule has 1 heterocycles. The summed E-state index contributed by atoms with van der Waals surface area (Å²) in [5.41, 5.74) is 6.79. The Kier molecular flexibility index (Phi) is 7.33. The van der Waals surface area contributed by atoms with Crippen LogP contribution in [0.2, 0.25) is 0 Å². The summed E-state index contributed by atoms with van der Waals surface area (Å²) >= 11 is 0. The lowest BCUT2D eigenvalue weighted by Gasteiger charge is -2.33. The lowest BCUT2D eigenvalue weighted by Crippen LogP contribution is -2.41. The summed E-state index contributed by atoms with van der Waals surface area (Å²) in [6.07, 6.45) is 1.33. The number of carbonyl (C=O) groups is 1. The second kappa shape index (κ2) is 8.51. The fourth-order valence-electron chi connectivity index (χ4n) is 3.13. The molecule has 3 atom stereocenters. The van der Waals surface area contributed by atoms with Crippen LogP contribution in [-0.4, -0.2) is 36.6 Å². The van der Waals surface area contributed by atoms with Crippen molar-refractivity contribution in [2.45, 2.75) is 44.9 Å². The van der Waals surface area contributed by atoms with Crippen molar-refractivity contribution in [3.05, 3.63) is 35.9 Å². The lowest BCUT2D eigenvalue weighted by molar-refractivity contribution is -0.144. The van der Waals surface area contributed by atoms with Crippen molar-refractivity contribution < 1.29 is 9.53 Å². The monoisotopic (exact) mass is 326 g/mol. The van der Waals surface area contributed by atoms with Crippen molar-refractivity contribution in [2.75, 3.05) is 13.6 Å². The van der Waals surface area contributed by atoms with E-state index in [9.17, 15) is 4.79 Å². The maximum absolute atomic E-state index is 12.7. The minimum Gasteiger partial charge on any atom is -0.364 e. The highest BCUT2D eigenvalue weighted by molar-refractivity contribution is 5.85. The van der Waals surface area contributed by atoms with Gasteiger partial charge < -0.3 is 15.4 Å². The first kappa shape index (κ1) is 18.9. The largest absolute Gasteiger partial charge is 0.364 e. The summed E-state index contributed by atoms with van der Waals surface area (Å²) in [5.74, 6) is 0.404. The first-order valence-electron chi connectivity index (χ1n) is 7.71. The van der Waals surface area contributed by atoms with E-state index in [-0.39, 0.29) is 36.6 Å². The predicted molar refractivity (Wildman–Crippen MR) is 91.0 cm³/mol. The Morgan fingerprint density at radius 3 is 2.45 bits per heavy atom. The number of likely N-dealkylation sites (N-methyl/N-ethyl adjacent to an activating group) is 1. The zero-order valence-electron chi connectivity index (χ0n) is 13.6. The number of ether oxygens (including phenoxy) is 1. The van der Waals surface area contributed by atoms with Crippen LogP contribution >= 0.6 is 12.4 Å². The molecule has 0 spiro atoms. The van der Waals surface area contributed by atoms with Crippen LogP contribution in [0.5, 0.6) is 0 Å². The predicted octanol–water partition coefficient (Wildman–Crippen LogP) is 2.77. The van der Waals surface area contributed by atoms with Gasteiger partial charge in [0.15, 0.2) is 0 Å². The zero-order valence-corrected chi connectivity index (χ0v) is 14.4. The van der Waals surface area contributed by atoms with Gasteiger partial charge in [-0.3, -0.25) is 4.79 Å². The van der Waals surface area contributed by atoms with Crippen LogP contribution in [0.4, 0.5) is 0 Å². The van der Waals surface area contributed by atoms with Gasteiger partial charge in [0.05, 0.1) is 12.1 Å². The number of rotatable bonds is 5. The molecule has 1 amide bonds. The van der Waals surface area contributed by atoms with Crippen LogP contribution in [0.25, 0.3) is 0 Å². The van der Waals surface area contributed by atoms with Crippen molar-refractivity contribution in [3.8, 4) is 0 Å². The molecule has 2 N–H and O–H groups in total. The van der Waals surface area contributed by atoms with Gasteiger partial charge in [0.1, 0.15) is 6.10 Å². The minimum absolute atomic E-state index is 0. The molecule has 22 heavy (non-hydrogen) atoms. The smallest absolute Gasteiger partial charge is 0.251 e. The number of benzene rings is 1. The molecule has 0 aliphatic carbocycles. The Morgan fingerprint density at radius 2 is 1.95 bits per heavy atom. The molecule has 0 aromatic heterocycles. The average molecular weight is 327 g/mol. The first-order valence-corrected chi connectivity index (χ1v) is 7.71. The molecule has 0 saturated carbocycles. The van der Waals surface area contributed by atoms with Gasteiger partial charge in [-0.25, -0.2) is 0 Å². The van der Waals surface area contributed by atoms with Gasteiger partial charge in [0.2, 0.25) is 0 Å². The SMILES string of the molecule is CC(C)C(c1ccccc1)N(C)C(=O)[C@@H]1CC[C@H](CN)O1.Cl. The Bertz CT molecular complexity index is 467. The molecular formula is C17H27ClN2O2. The van der Waals surface area contributed by atoms with E-state index in [0.717, 1.165) is 18.4 Å². The number of amides is 1. The third-order valence-corrected chi connectivity index (χ3v) is 4.18. The highest BCUT2D eigenvalue weighted by Gasteiger charge is 2.35. The third kappa shape index (κ3) is 4.22. The van der Waals surface area contributed by atoms with E-state index >= 15 is 0 Å². The Morgan fingerprint density at radius 1 is 1.32 bits per heavy atom. The van der Waals surface area contributed by atoms with Crippen molar-refractivity contribution >= 4 is 18.3 Å². The highest BCUT2D eigenvalue weighted by atomic mass is 35.5. The Balaban J connectivity index is 0.00000242. The summed E-state index contributed by atoms with van der Waals surface area (Å²) in [6.45, 7) is 4.76. The van der Waals surface area contributed by atoms with Crippen molar-refractivity contribution in [2.24, 2.45) is 11.7 Å². The summed E-state index contributed by atoms with van der Waals surface area (Å²) in [4.78, 5) is 14.5. The van der Waals surface area contributed by atoms with Gasteiger partial charge in [0.25, 0.3) is 5.91 Å². The molecule has 124 valence electrons. The summed E-state index contributed by atoms with van der Waals surface area (Å²) in [5, 5.41) is 0. The van der Waals surface area contributed by atoms with E-state index in [1.807, 2.05) is 30.1 Å². The molecule has 1 saturated heterocycles. The highest BCUT2D eigenvalue weighted by Crippen LogP contribution is 2.30. The number of halogens is 1. The Labute approximate surface area is 139 Å². The number of carbonyl (C=O) groups excluding carboxylic acids is 1. The van der Waals surface area contributed by atoms with Crippen LogP contribution in [0.15, 0.2) is 30.3 Å². The zero-order chi connectivity index (χ0) is 15.4. The fourth-order valence-corrected chi connectivity index (χ4v) is 3.13. The molecule has 1 fully saturated rings. The van der Waals surface area contributed by atoms with E-state index in [1.165, 1.54) is 0 Å². The molecule has 0 radical (unpaired) electrons. The average Bonchev–Trinajstić information content (AvgIpc) is 2.96. The molecule has 4 nitrogen and oxygen atoms in total. The second-order valence-corrected chi connectivity index (χ2v) is 6.11. The second-order valence-electron chi connectivity index (χ2n) is 6.11. The number of nitrogens with zero attached hydrogens (tertiary/aromatic N) is 1. The van der Waals surface area contributed by atoms with Crippen LogP contribution in [0, 0.1) is 5.92 Å². The van der Waals surface area contributed by atoms with Crippen LogP contribution < -0.4 is 5.73 Å². The summed E-state index contributed by atoms with van der Waals surface area (Å²) < 4.78 is 5.74. The molecule has 1 unspecified atom stereocenters. The van der Waals surface area contributed by atoms with Crippen LogP contribution in [0.3, 0.4) is 0 Å². The van der Waals surface area contributed by atoms with Gasteiger partial charge >= 0.3 is 0 Å². The molecule has 1 aliphatic rings. The number of nitrogens with two attached hydrogens (primary N) is 1. The number of hydrogen-bond donors (Lipinski definition) is 1. The van der Waals surface area contributed by atoms with Crippen molar-refractivity contribution in [3.63, 3.8) is 0 Å². The maximum atomic E-state index is 12.7. The molecule has 1 aromatic rings. The molecule has 1 aliphatic heterocycles. The molecule has 0 bridgehead atoms. The normalized spacial score (nSPS) is 22.2. The van der Waals surface area contributed by atoms with Gasteiger partial charge in [-0.1, -0.05) is 44.2 Å². The topological polar surface area (TPSA) is 55.6 Å². The standard InChI is InChI=1S/C17H26N2O2.ClH/c1-12(2)16(13-7-5-4-6-8-13)19(3)17(20)15-10-9-14(11-18)21-15;/h4-8,12,14-16H,9-11,18H2,1-3H3;1H/t14-,15+,16?;/m1./s1. The summed E-state index contributed by atoms with van der Waals surface area (Å²) in [7, 11) is 1.87. The summed E-state index contributed by atoms with van der Waals surface area (Å²) in [6, 6.07) is 10.2. The molecular weight excluding hydrogens is 300 g/mol. The number of hydrogen-bond acceptors (Lipinski definition) is 3. The van der Waals surface area contributed by atoms with E-state index < -0.39 is 0 Å². The van der Waals surface area contributed by atoms with E-state index in [4.69, 9.17) is 10.5 Å². The van der Waals surface area contributed by atoms with Crippen molar-refractivity contribution in [1.82, 2.24) is 4.90 Å². The van der Waals surface area contributed by atoms with Gasteiger partial charge in [-0.15, -0.1) is 12.4 Å². The minimum atomic E-state index is -0.339. The first-order chi connectivity index (χ1) is 10.0. The quantitative estimate of drug-likeness (QED) is 0.905. The Hall–Kier alpha value is -1.10. The van der Waals surface area contributed by atoms with Gasteiger partial charge in [0, 0.05) is 13.6 Å². The van der Waals surface area contributed by atoms with E-state index in [0.29, 0.717) is 12.5 Å². The van der Waals surface area contributed by atoms with Crippen LogP contribution in [0.1, 0.15) is 38.3 Å². The third-order valence-electron chi connectivity index (χ3n) is 4.18. The van der Waals surface area contributed by atoms with Gasteiger partial charge in [-0.05, 0) is 24.3 Å². The lowest BCUT2D eigenvalue weighted by atomic mass is 9.94. The molecule has 1 aromatic carbocycles. The molecule has 5 heteroatoms. The van der Waals surface area contributed by atoms with E-state index in [2.05, 4.69) is 26.0 Å². The molecule has 2 rings (SSSR count). The maximum Gasteiger partial charge on any atom is 0.251 e. The van der Waals surface area contributed by atoms with Crippen molar-refractivity contribution in [1.29, 1.82) is 0 Å². The fraction of sp³-hybridized carbons (Fsp3) is 0.588. The van der Waals surface area contributed by atoms with E-state index in [1.54, 1.807) is 0 Å². The van der Waals surface area contributed by atoms with Gasteiger partial charge in [-0.2, -0.15) is 0 Å². The van der Waals surface area contributed by atoms with Crippen LogP contribution in [-0.2, 0) is 9.53 Å².